The lowest BCUT2D eigenvalue weighted by molar-refractivity contribution is 0.569. The molecule has 13 heavy (non-hydrogen) atoms. The van der Waals surface area contributed by atoms with Gasteiger partial charge in [-0.2, -0.15) is 0 Å². The lowest BCUT2D eigenvalue weighted by Gasteiger charge is -2.00. The summed E-state index contributed by atoms with van der Waals surface area (Å²) in [7, 11) is 0. The molecule has 66 valence electrons. The van der Waals surface area contributed by atoms with E-state index in [0.717, 1.165) is 5.56 Å². The summed E-state index contributed by atoms with van der Waals surface area (Å²) in [5, 5.41) is 0. The quantitative estimate of drug-likeness (QED) is 0.649. The summed E-state index contributed by atoms with van der Waals surface area (Å²) in [6, 6.07) is 8.46. The molecule has 0 saturated carbocycles. The van der Waals surface area contributed by atoms with E-state index in [4.69, 9.17) is 4.42 Å². The molecular weight excluding hydrogens is 167 g/mol. The number of benzene rings is 1. The zero-order valence-corrected chi connectivity index (χ0v) is 7.25. The van der Waals surface area contributed by atoms with Gasteiger partial charge in [-0.1, -0.05) is 11.6 Å². The fourth-order valence-corrected chi connectivity index (χ4v) is 1.26. The minimum atomic E-state index is -0.249. The van der Waals surface area contributed by atoms with Gasteiger partial charge in [0.2, 0.25) is 0 Å². The van der Waals surface area contributed by atoms with E-state index in [1.54, 1.807) is 24.3 Å². The molecule has 0 unspecified atom stereocenters. The zero-order valence-electron chi connectivity index (χ0n) is 7.25. The Morgan fingerprint density at radius 3 is 2.77 bits per heavy atom. The maximum atomic E-state index is 13.3. The number of hydrogen-bond acceptors (Lipinski definition) is 1. The average Bonchev–Trinajstić information content (AvgIpc) is 2.61. The first-order chi connectivity index (χ1) is 6.27. The second kappa shape index (κ2) is 3.05. The monoisotopic (exact) mass is 176 g/mol. The number of aryl methyl sites for hydroxylation is 1. The maximum Gasteiger partial charge on any atom is 0.136 e. The van der Waals surface area contributed by atoms with E-state index in [1.807, 2.05) is 6.92 Å². The van der Waals surface area contributed by atoms with Crippen LogP contribution in [0.25, 0.3) is 11.3 Å². The summed E-state index contributed by atoms with van der Waals surface area (Å²) in [6.45, 7) is 1.92. The third-order valence-corrected chi connectivity index (χ3v) is 1.91. The minimum absolute atomic E-state index is 0.249. The summed E-state index contributed by atoms with van der Waals surface area (Å²) in [5.74, 6) is 0.321. The van der Waals surface area contributed by atoms with Gasteiger partial charge in [-0.3, -0.25) is 0 Å². The van der Waals surface area contributed by atoms with Crippen molar-refractivity contribution in [2.75, 3.05) is 0 Å². The first kappa shape index (κ1) is 8.05. The van der Waals surface area contributed by atoms with Gasteiger partial charge in [0, 0.05) is 0 Å². The highest BCUT2D eigenvalue weighted by Gasteiger charge is 2.06. The van der Waals surface area contributed by atoms with Crippen molar-refractivity contribution in [3.05, 3.63) is 48.0 Å². The third kappa shape index (κ3) is 1.47. The van der Waals surface area contributed by atoms with Crippen molar-refractivity contribution >= 4 is 0 Å². The molecule has 0 amide bonds. The van der Waals surface area contributed by atoms with E-state index in [0.29, 0.717) is 11.3 Å². The Labute approximate surface area is 75.8 Å². The molecule has 0 aliphatic heterocycles. The van der Waals surface area contributed by atoms with Gasteiger partial charge in [0.1, 0.15) is 11.6 Å². The highest BCUT2D eigenvalue weighted by Crippen LogP contribution is 2.23. The summed E-state index contributed by atoms with van der Waals surface area (Å²) in [6.07, 6.45) is 1.54. The molecule has 0 saturated heterocycles. The molecular formula is C11H9FO. The van der Waals surface area contributed by atoms with E-state index >= 15 is 0 Å². The van der Waals surface area contributed by atoms with E-state index in [-0.39, 0.29) is 5.82 Å². The van der Waals surface area contributed by atoms with E-state index in [2.05, 4.69) is 0 Å². The molecule has 1 nitrogen and oxygen atoms in total. The molecule has 0 spiro atoms. The van der Waals surface area contributed by atoms with Crippen molar-refractivity contribution < 1.29 is 8.81 Å². The Morgan fingerprint density at radius 1 is 1.23 bits per heavy atom. The Morgan fingerprint density at radius 2 is 2.08 bits per heavy atom. The first-order valence-corrected chi connectivity index (χ1v) is 4.07. The van der Waals surface area contributed by atoms with Crippen LogP contribution < -0.4 is 0 Å². The smallest absolute Gasteiger partial charge is 0.136 e. The first-order valence-electron chi connectivity index (χ1n) is 4.07. The highest BCUT2D eigenvalue weighted by atomic mass is 19.1. The topological polar surface area (TPSA) is 13.1 Å². The molecule has 0 fully saturated rings. The van der Waals surface area contributed by atoms with Gasteiger partial charge in [0.05, 0.1) is 11.8 Å². The molecule has 0 bridgehead atoms. The molecule has 2 aromatic rings. The van der Waals surface area contributed by atoms with Gasteiger partial charge in [0.25, 0.3) is 0 Å². The predicted octanol–water partition coefficient (Wildman–Crippen LogP) is 3.39. The van der Waals surface area contributed by atoms with Crippen LogP contribution in [0.5, 0.6) is 0 Å². The van der Waals surface area contributed by atoms with Crippen molar-refractivity contribution in [3.8, 4) is 11.3 Å². The maximum absolute atomic E-state index is 13.3. The number of halogens is 1. The van der Waals surface area contributed by atoms with Crippen LogP contribution in [0.4, 0.5) is 4.39 Å². The molecule has 0 atom stereocenters. The molecule has 2 heteroatoms. The molecule has 2 rings (SSSR count). The Balaban J connectivity index is 2.57. The fourth-order valence-electron chi connectivity index (χ4n) is 1.26. The summed E-state index contributed by atoms with van der Waals surface area (Å²) < 4.78 is 18.4. The summed E-state index contributed by atoms with van der Waals surface area (Å²) >= 11 is 0. The van der Waals surface area contributed by atoms with Crippen LogP contribution >= 0.6 is 0 Å². The second-order valence-electron chi connectivity index (χ2n) is 2.96. The van der Waals surface area contributed by atoms with Crippen LogP contribution in [-0.2, 0) is 0 Å². The Kier molecular flexibility index (Phi) is 1.89. The molecule has 0 aliphatic carbocycles. The molecule has 0 N–H and O–H groups in total. The third-order valence-electron chi connectivity index (χ3n) is 1.91. The number of furan rings is 1. The van der Waals surface area contributed by atoms with E-state index in [1.165, 1.54) is 12.3 Å². The van der Waals surface area contributed by atoms with Gasteiger partial charge in [0.15, 0.2) is 0 Å². The van der Waals surface area contributed by atoms with Crippen LogP contribution in [-0.4, -0.2) is 0 Å². The number of rotatable bonds is 1. The summed E-state index contributed by atoms with van der Waals surface area (Å²) in [4.78, 5) is 0. The molecule has 0 aliphatic rings. The zero-order chi connectivity index (χ0) is 9.26. The molecule has 1 aromatic carbocycles. The Hall–Kier alpha value is -1.57. The van der Waals surface area contributed by atoms with Gasteiger partial charge in [-0.25, -0.2) is 4.39 Å². The second-order valence-corrected chi connectivity index (χ2v) is 2.96. The largest absolute Gasteiger partial charge is 0.464 e. The van der Waals surface area contributed by atoms with Gasteiger partial charge in [-0.05, 0) is 31.2 Å². The van der Waals surface area contributed by atoms with Gasteiger partial charge in [-0.15, -0.1) is 0 Å². The van der Waals surface area contributed by atoms with Crippen LogP contribution in [0.1, 0.15) is 5.56 Å². The Bertz CT molecular complexity index is 404. The van der Waals surface area contributed by atoms with Crippen LogP contribution in [0.3, 0.4) is 0 Å². The van der Waals surface area contributed by atoms with Crippen molar-refractivity contribution in [1.82, 2.24) is 0 Å². The molecule has 0 radical (unpaired) electrons. The van der Waals surface area contributed by atoms with Gasteiger partial charge < -0.3 is 4.42 Å². The van der Waals surface area contributed by atoms with Crippen LogP contribution in [0.2, 0.25) is 0 Å². The lowest BCUT2D eigenvalue weighted by Crippen LogP contribution is -1.83. The van der Waals surface area contributed by atoms with Crippen molar-refractivity contribution in [1.29, 1.82) is 0 Å². The number of hydrogen-bond donors (Lipinski definition) is 0. The average molecular weight is 176 g/mol. The standard InChI is InChI=1S/C11H9FO/c1-8-4-5-10(12)9(7-8)11-3-2-6-13-11/h2-7H,1H3. The van der Waals surface area contributed by atoms with E-state index < -0.39 is 0 Å². The van der Waals surface area contributed by atoms with Crippen LogP contribution in [0.15, 0.2) is 41.0 Å². The van der Waals surface area contributed by atoms with Crippen molar-refractivity contribution in [3.63, 3.8) is 0 Å². The predicted molar refractivity (Wildman–Crippen MR) is 48.8 cm³/mol. The van der Waals surface area contributed by atoms with Gasteiger partial charge >= 0.3 is 0 Å². The van der Waals surface area contributed by atoms with Crippen LogP contribution in [0, 0.1) is 12.7 Å². The summed E-state index contributed by atoms with van der Waals surface area (Å²) in [5.41, 5.74) is 1.54. The molecule has 1 heterocycles. The fraction of sp³-hybridized carbons (Fsp3) is 0.0909. The molecule has 1 aromatic heterocycles. The van der Waals surface area contributed by atoms with Crippen molar-refractivity contribution in [2.45, 2.75) is 6.92 Å². The van der Waals surface area contributed by atoms with E-state index in [9.17, 15) is 4.39 Å². The normalized spacial score (nSPS) is 10.3. The highest BCUT2D eigenvalue weighted by molar-refractivity contribution is 5.58. The van der Waals surface area contributed by atoms with Crippen molar-refractivity contribution in [2.24, 2.45) is 0 Å². The SMILES string of the molecule is Cc1ccc(F)c(-c2ccco2)c1. The minimum Gasteiger partial charge on any atom is -0.464 e. The lowest BCUT2D eigenvalue weighted by atomic mass is 10.1.